The van der Waals surface area contributed by atoms with Gasteiger partial charge in [-0.15, -0.1) is 11.3 Å². The summed E-state index contributed by atoms with van der Waals surface area (Å²) in [6.45, 7) is 1.54. The van der Waals surface area contributed by atoms with Crippen LogP contribution >= 0.6 is 11.3 Å². The molecule has 2 bridgehead atoms. The number of thiazole rings is 1. The molecule has 2 aliphatic carbocycles. The summed E-state index contributed by atoms with van der Waals surface area (Å²) in [7, 11) is 0. The molecule has 5 nitrogen and oxygen atoms in total. The van der Waals surface area contributed by atoms with Gasteiger partial charge in [-0.3, -0.25) is 14.5 Å². The number of carbonyl (C=O) groups is 2. The molecule has 1 aromatic rings. The molecule has 0 radical (unpaired) electrons. The summed E-state index contributed by atoms with van der Waals surface area (Å²) in [5.74, 6) is 2.91. The van der Waals surface area contributed by atoms with Crippen molar-refractivity contribution in [3.8, 4) is 0 Å². The van der Waals surface area contributed by atoms with Crippen LogP contribution in [0.1, 0.15) is 50.6 Å². The molecule has 3 aliphatic rings. The highest BCUT2D eigenvalue weighted by molar-refractivity contribution is 7.14. The van der Waals surface area contributed by atoms with Gasteiger partial charge in [-0.25, -0.2) is 4.98 Å². The third kappa shape index (κ3) is 3.34. The van der Waals surface area contributed by atoms with Gasteiger partial charge in [-0.2, -0.15) is 0 Å². The Kier molecular flexibility index (Phi) is 4.57. The molecular formula is C18H25N3O2S. The molecule has 130 valence electrons. The Morgan fingerprint density at radius 1 is 1.38 bits per heavy atom. The highest BCUT2D eigenvalue weighted by Crippen LogP contribution is 2.49. The monoisotopic (exact) mass is 347 g/mol. The second-order valence-corrected chi connectivity index (χ2v) is 8.36. The molecule has 0 aromatic carbocycles. The molecule has 1 N–H and O–H groups in total. The first kappa shape index (κ1) is 16.1. The Morgan fingerprint density at radius 3 is 3.00 bits per heavy atom. The lowest BCUT2D eigenvalue weighted by atomic mass is 9.86. The Bertz CT molecular complexity index is 630. The zero-order valence-electron chi connectivity index (χ0n) is 14.0. The van der Waals surface area contributed by atoms with E-state index in [0.29, 0.717) is 12.8 Å². The predicted octanol–water partition coefficient (Wildman–Crippen LogP) is 2.75. The minimum Gasteiger partial charge on any atom is -0.356 e. The molecule has 1 aliphatic heterocycles. The van der Waals surface area contributed by atoms with Crippen molar-refractivity contribution < 1.29 is 9.59 Å². The highest BCUT2D eigenvalue weighted by atomic mass is 32.1. The number of hydrogen-bond acceptors (Lipinski definition) is 4. The summed E-state index contributed by atoms with van der Waals surface area (Å²) in [6, 6.07) is 0. The Balaban J connectivity index is 1.21. The van der Waals surface area contributed by atoms with Crippen molar-refractivity contribution >= 4 is 28.3 Å². The van der Waals surface area contributed by atoms with Crippen LogP contribution in [0.4, 0.5) is 5.13 Å². The van der Waals surface area contributed by atoms with Crippen molar-refractivity contribution in [1.82, 2.24) is 10.3 Å². The van der Waals surface area contributed by atoms with Gasteiger partial charge in [-0.1, -0.05) is 6.42 Å². The number of anilines is 1. The number of nitrogens with one attached hydrogen (secondary N) is 1. The average Bonchev–Trinajstić information content (AvgIpc) is 3.31. The summed E-state index contributed by atoms with van der Waals surface area (Å²) in [5, 5.41) is 5.69. The third-order valence-electron chi connectivity index (χ3n) is 5.91. The standard InChI is InChI=1S/C18H25N3O2S/c22-16(19-6-5-14-9-12-3-4-13(14)8-12)10-15-11-24-18(20-15)21-7-1-2-17(21)23/h11-14H,1-10H2,(H,19,22). The van der Waals surface area contributed by atoms with Gasteiger partial charge in [0, 0.05) is 24.9 Å². The van der Waals surface area contributed by atoms with Crippen molar-refractivity contribution in [3.05, 3.63) is 11.1 Å². The zero-order valence-corrected chi connectivity index (χ0v) is 14.8. The van der Waals surface area contributed by atoms with Gasteiger partial charge in [0.1, 0.15) is 0 Å². The molecule has 2 amide bonds. The Labute approximate surface area is 146 Å². The van der Waals surface area contributed by atoms with E-state index in [0.717, 1.165) is 54.5 Å². The van der Waals surface area contributed by atoms with E-state index in [2.05, 4.69) is 10.3 Å². The van der Waals surface area contributed by atoms with E-state index < -0.39 is 0 Å². The third-order valence-corrected chi connectivity index (χ3v) is 6.82. The lowest BCUT2D eigenvalue weighted by molar-refractivity contribution is -0.120. The van der Waals surface area contributed by atoms with Gasteiger partial charge < -0.3 is 5.32 Å². The summed E-state index contributed by atoms with van der Waals surface area (Å²) in [5.41, 5.74) is 0.770. The molecule has 3 unspecified atom stereocenters. The lowest BCUT2D eigenvalue weighted by Crippen LogP contribution is -2.28. The molecule has 4 rings (SSSR count). The van der Waals surface area contributed by atoms with Crippen LogP contribution in [0.15, 0.2) is 5.38 Å². The number of fused-ring (bicyclic) bond motifs is 2. The predicted molar refractivity (Wildman–Crippen MR) is 94.0 cm³/mol. The van der Waals surface area contributed by atoms with E-state index in [1.54, 1.807) is 4.90 Å². The molecule has 1 aromatic heterocycles. The minimum atomic E-state index is 0.0442. The number of carbonyl (C=O) groups excluding carboxylic acids is 2. The van der Waals surface area contributed by atoms with Crippen molar-refractivity contribution in [1.29, 1.82) is 0 Å². The minimum absolute atomic E-state index is 0.0442. The smallest absolute Gasteiger partial charge is 0.228 e. The molecule has 2 saturated carbocycles. The second-order valence-electron chi connectivity index (χ2n) is 7.52. The zero-order chi connectivity index (χ0) is 16.5. The molecular weight excluding hydrogens is 322 g/mol. The first-order valence-electron chi connectivity index (χ1n) is 9.20. The largest absolute Gasteiger partial charge is 0.356 e. The van der Waals surface area contributed by atoms with E-state index in [1.807, 2.05) is 5.38 Å². The van der Waals surface area contributed by atoms with E-state index in [4.69, 9.17) is 0 Å². The van der Waals surface area contributed by atoms with Crippen molar-refractivity contribution in [2.24, 2.45) is 17.8 Å². The maximum Gasteiger partial charge on any atom is 0.228 e. The van der Waals surface area contributed by atoms with E-state index in [1.165, 1.54) is 37.0 Å². The number of hydrogen-bond donors (Lipinski definition) is 1. The van der Waals surface area contributed by atoms with Crippen LogP contribution in [0.3, 0.4) is 0 Å². The Hall–Kier alpha value is -1.43. The van der Waals surface area contributed by atoms with Crippen LogP contribution < -0.4 is 10.2 Å². The van der Waals surface area contributed by atoms with Crippen LogP contribution in [0, 0.1) is 17.8 Å². The number of amides is 2. The van der Waals surface area contributed by atoms with E-state index in [9.17, 15) is 9.59 Å². The molecule has 3 fully saturated rings. The van der Waals surface area contributed by atoms with Gasteiger partial charge >= 0.3 is 0 Å². The molecule has 6 heteroatoms. The molecule has 3 atom stereocenters. The maximum atomic E-state index is 12.1. The van der Waals surface area contributed by atoms with Gasteiger partial charge in [0.15, 0.2) is 5.13 Å². The fraction of sp³-hybridized carbons (Fsp3) is 0.722. The maximum absolute atomic E-state index is 12.1. The number of rotatable bonds is 6. The van der Waals surface area contributed by atoms with Crippen LogP contribution in [0.25, 0.3) is 0 Å². The average molecular weight is 347 g/mol. The molecule has 0 spiro atoms. The van der Waals surface area contributed by atoms with Crippen LogP contribution in [-0.2, 0) is 16.0 Å². The van der Waals surface area contributed by atoms with Crippen LogP contribution in [-0.4, -0.2) is 29.9 Å². The van der Waals surface area contributed by atoms with Crippen molar-refractivity contribution in [2.45, 2.75) is 51.4 Å². The summed E-state index contributed by atoms with van der Waals surface area (Å²) >= 11 is 1.46. The SMILES string of the molecule is O=C(Cc1csc(N2CCCC2=O)n1)NCCC1CC2CCC1C2. The second kappa shape index (κ2) is 6.82. The van der Waals surface area contributed by atoms with Gasteiger partial charge in [0.25, 0.3) is 0 Å². The molecule has 2 heterocycles. The quantitative estimate of drug-likeness (QED) is 0.861. The summed E-state index contributed by atoms with van der Waals surface area (Å²) in [4.78, 5) is 30.1. The van der Waals surface area contributed by atoms with Crippen molar-refractivity contribution in [2.75, 3.05) is 18.0 Å². The normalized spacial score (nSPS) is 28.8. The van der Waals surface area contributed by atoms with E-state index in [-0.39, 0.29) is 11.8 Å². The molecule has 24 heavy (non-hydrogen) atoms. The molecule has 1 saturated heterocycles. The van der Waals surface area contributed by atoms with Crippen LogP contribution in [0.5, 0.6) is 0 Å². The van der Waals surface area contributed by atoms with Gasteiger partial charge in [-0.05, 0) is 49.9 Å². The summed E-state index contributed by atoms with van der Waals surface area (Å²) < 4.78 is 0. The van der Waals surface area contributed by atoms with Crippen molar-refractivity contribution in [3.63, 3.8) is 0 Å². The topological polar surface area (TPSA) is 62.3 Å². The summed E-state index contributed by atoms with van der Waals surface area (Å²) in [6.07, 6.45) is 8.58. The first-order chi connectivity index (χ1) is 11.7. The van der Waals surface area contributed by atoms with Crippen LogP contribution in [0.2, 0.25) is 0 Å². The van der Waals surface area contributed by atoms with Gasteiger partial charge in [0.2, 0.25) is 11.8 Å². The van der Waals surface area contributed by atoms with E-state index >= 15 is 0 Å². The Morgan fingerprint density at radius 2 is 2.29 bits per heavy atom. The fourth-order valence-corrected chi connectivity index (χ4v) is 5.57. The fourth-order valence-electron chi connectivity index (χ4n) is 4.71. The number of aromatic nitrogens is 1. The first-order valence-corrected chi connectivity index (χ1v) is 10.1. The highest BCUT2D eigenvalue weighted by Gasteiger charge is 2.38. The van der Waals surface area contributed by atoms with Gasteiger partial charge in [0.05, 0.1) is 12.1 Å². The number of nitrogens with zero attached hydrogens (tertiary/aromatic N) is 2. The lowest BCUT2D eigenvalue weighted by Gasteiger charge is -2.21.